The molecule has 1 N–H and O–H groups in total. The molecular weight excluding hydrogens is 440 g/mol. The second-order valence-corrected chi connectivity index (χ2v) is 10.1. The fourth-order valence-corrected chi connectivity index (χ4v) is 5.93. The van der Waals surface area contributed by atoms with Crippen LogP contribution in [-0.4, -0.2) is 24.8 Å². The number of halogens is 2. The molecule has 35 heavy (non-hydrogen) atoms. The summed E-state index contributed by atoms with van der Waals surface area (Å²) in [6, 6.07) is 26.2. The number of alkyl halides is 2. The molecule has 0 radical (unpaired) electrons. The Morgan fingerprint density at radius 1 is 0.886 bits per heavy atom. The van der Waals surface area contributed by atoms with Gasteiger partial charge < -0.3 is 5.32 Å². The summed E-state index contributed by atoms with van der Waals surface area (Å²) in [5.41, 5.74) is 5.60. The highest BCUT2D eigenvalue weighted by molar-refractivity contribution is 6.05. The molecule has 2 atom stereocenters. The highest BCUT2D eigenvalue weighted by Crippen LogP contribution is 2.69. The number of aryl methyl sites for hydroxylation is 1. The quantitative estimate of drug-likeness (QED) is 0.322. The van der Waals surface area contributed by atoms with Gasteiger partial charge in [-0.2, -0.15) is 0 Å². The van der Waals surface area contributed by atoms with Crippen molar-refractivity contribution in [3.63, 3.8) is 0 Å². The smallest absolute Gasteiger partial charge is 0.263 e. The van der Waals surface area contributed by atoms with E-state index in [0.717, 1.165) is 33.0 Å². The maximum Gasteiger partial charge on any atom is 0.263 e. The van der Waals surface area contributed by atoms with Crippen LogP contribution in [0, 0.1) is 12.8 Å². The van der Waals surface area contributed by atoms with Crippen molar-refractivity contribution in [1.82, 2.24) is 5.32 Å². The van der Waals surface area contributed by atoms with Crippen LogP contribution in [-0.2, 0) is 5.41 Å². The molecular formula is C31H27F2NO. The maximum absolute atomic E-state index is 14.7. The first-order chi connectivity index (χ1) is 16.8. The van der Waals surface area contributed by atoms with E-state index in [0.29, 0.717) is 30.6 Å². The summed E-state index contributed by atoms with van der Waals surface area (Å²) in [7, 11) is 0. The molecule has 4 heteroatoms. The first-order valence-corrected chi connectivity index (χ1v) is 12.2. The van der Waals surface area contributed by atoms with E-state index in [1.165, 1.54) is 5.56 Å². The lowest BCUT2D eigenvalue weighted by Crippen LogP contribution is -2.31. The predicted octanol–water partition coefficient (Wildman–Crippen LogP) is 7.18. The molecule has 1 saturated carbocycles. The van der Waals surface area contributed by atoms with Gasteiger partial charge in [0.15, 0.2) is 5.78 Å². The highest BCUT2D eigenvalue weighted by atomic mass is 19.3. The summed E-state index contributed by atoms with van der Waals surface area (Å²) < 4.78 is 29.5. The van der Waals surface area contributed by atoms with E-state index >= 15 is 0 Å². The Kier molecular flexibility index (Phi) is 4.94. The van der Waals surface area contributed by atoms with Gasteiger partial charge in [-0.25, -0.2) is 8.78 Å². The molecule has 1 aliphatic heterocycles. The van der Waals surface area contributed by atoms with Crippen molar-refractivity contribution in [1.29, 1.82) is 0 Å². The third-order valence-electron chi connectivity index (χ3n) is 8.04. The lowest BCUT2D eigenvalue weighted by Gasteiger charge is -2.22. The summed E-state index contributed by atoms with van der Waals surface area (Å²) in [4.78, 5) is 12.4. The van der Waals surface area contributed by atoms with Crippen molar-refractivity contribution in [2.75, 3.05) is 13.1 Å². The highest BCUT2D eigenvalue weighted by Gasteiger charge is 2.80. The first kappa shape index (κ1) is 22.1. The van der Waals surface area contributed by atoms with Crippen molar-refractivity contribution < 1.29 is 13.6 Å². The fraction of sp³-hybridized carbons (Fsp3) is 0.258. The Labute approximate surface area is 204 Å². The zero-order valence-electron chi connectivity index (χ0n) is 19.9. The predicted molar refractivity (Wildman–Crippen MR) is 137 cm³/mol. The van der Waals surface area contributed by atoms with Crippen LogP contribution in [0.15, 0.2) is 78.9 Å². The number of carbonyl (C=O) groups is 1. The average molecular weight is 468 g/mol. The van der Waals surface area contributed by atoms with Crippen LogP contribution in [0.3, 0.4) is 0 Å². The normalized spacial score (nSPS) is 22.6. The molecule has 0 amide bonds. The SMILES string of the molecule is CC(=O)c1cc(-c2ccc(C34CCNCC3C4(F)F)cc2)c2ccc(-c3ccc(C)cc3)cc2c1. The van der Waals surface area contributed by atoms with Crippen molar-refractivity contribution in [2.24, 2.45) is 5.92 Å². The molecule has 2 fully saturated rings. The van der Waals surface area contributed by atoms with Crippen molar-refractivity contribution >= 4 is 16.6 Å². The molecule has 1 aliphatic carbocycles. The van der Waals surface area contributed by atoms with Gasteiger partial charge in [0.1, 0.15) is 0 Å². The molecule has 2 nitrogen and oxygen atoms in total. The fourth-order valence-electron chi connectivity index (χ4n) is 5.93. The molecule has 4 aromatic carbocycles. The monoisotopic (exact) mass is 467 g/mol. The van der Waals surface area contributed by atoms with E-state index in [2.05, 4.69) is 54.7 Å². The Balaban J connectivity index is 1.44. The van der Waals surface area contributed by atoms with Gasteiger partial charge in [0, 0.05) is 12.1 Å². The van der Waals surface area contributed by atoms with Crippen LogP contribution < -0.4 is 5.32 Å². The van der Waals surface area contributed by atoms with Crippen LogP contribution in [0.1, 0.15) is 34.8 Å². The van der Waals surface area contributed by atoms with Crippen molar-refractivity contribution in [3.8, 4) is 22.3 Å². The van der Waals surface area contributed by atoms with Gasteiger partial charge >= 0.3 is 0 Å². The summed E-state index contributed by atoms with van der Waals surface area (Å²) in [5.74, 6) is -3.29. The lowest BCUT2D eigenvalue weighted by atomic mass is 9.86. The Bertz CT molecular complexity index is 1460. The van der Waals surface area contributed by atoms with Gasteiger partial charge in [0.05, 0.1) is 11.3 Å². The molecule has 2 unspecified atom stereocenters. The Morgan fingerprint density at radius 2 is 1.57 bits per heavy atom. The van der Waals surface area contributed by atoms with E-state index in [9.17, 15) is 13.6 Å². The van der Waals surface area contributed by atoms with Gasteiger partial charge in [0.2, 0.25) is 0 Å². The number of rotatable bonds is 4. The summed E-state index contributed by atoms with van der Waals surface area (Å²) in [5, 5.41) is 5.13. The molecule has 1 heterocycles. The molecule has 1 saturated heterocycles. The molecule has 0 spiro atoms. The molecule has 0 bridgehead atoms. The van der Waals surface area contributed by atoms with Crippen LogP contribution >= 0.6 is 0 Å². The standard InChI is InChI=1S/C31H27F2NO/c1-19-3-5-21(6-4-19)23-9-12-27-25(15-23)16-24(20(2)35)17-28(27)22-7-10-26(11-8-22)30-13-14-34-18-29(30)31(30,32)33/h3-12,15-17,29,34H,13-14,18H2,1-2H3. The number of nitrogens with one attached hydrogen (secondary N) is 1. The van der Waals surface area contributed by atoms with Gasteiger partial charge in [0.25, 0.3) is 5.92 Å². The van der Waals surface area contributed by atoms with Gasteiger partial charge in [-0.1, -0.05) is 66.2 Å². The Morgan fingerprint density at radius 3 is 2.26 bits per heavy atom. The van der Waals surface area contributed by atoms with E-state index in [-0.39, 0.29) is 5.78 Å². The first-order valence-electron chi connectivity index (χ1n) is 12.2. The maximum atomic E-state index is 14.7. The number of benzene rings is 4. The van der Waals surface area contributed by atoms with Gasteiger partial charge in [-0.15, -0.1) is 0 Å². The second kappa shape index (κ2) is 7.82. The average Bonchev–Trinajstić information content (AvgIpc) is 3.39. The summed E-state index contributed by atoms with van der Waals surface area (Å²) in [6.07, 6.45) is 0.453. The lowest BCUT2D eigenvalue weighted by molar-refractivity contribution is 0.0781. The van der Waals surface area contributed by atoms with Gasteiger partial charge in [-0.05, 0) is 83.6 Å². The van der Waals surface area contributed by atoms with Crippen molar-refractivity contribution in [2.45, 2.75) is 31.6 Å². The minimum Gasteiger partial charge on any atom is -0.316 e. The number of Topliss-reactive ketones (excluding diaryl/α,β-unsaturated/α-hetero) is 1. The Hall–Kier alpha value is -3.37. The third kappa shape index (κ3) is 3.35. The van der Waals surface area contributed by atoms with Crippen molar-refractivity contribution in [3.05, 3.63) is 95.6 Å². The second-order valence-electron chi connectivity index (χ2n) is 10.1. The minimum atomic E-state index is -2.66. The summed E-state index contributed by atoms with van der Waals surface area (Å²) >= 11 is 0. The topological polar surface area (TPSA) is 29.1 Å². The number of piperidine rings is 1. The summed E-state index contributed by atoms with van der Waals surface area (Å²) in [6.45, 7) is 4.62. The molecule has 2 aliphatic rings. The molecule has 0 aromatic heterocycles. The number of carbonyl (C=O) groups excluding carboxylic acids is 1. The van der Waals surface area contributed by atoms with E-state index in [1.54, 1.807) is 6.92 Å². The van der Waals surface area contributed by atoms with E-state index in [4.69, 9.17) is 0 Å². The minimum absolute atomic E-state index is 0.000400. The van der Waals surface area contributed by atoms with Crippen LogP contribution in [0.4, 0.5) is 8.78 Å². The zero-order valence-corrected chi connectivity index (χ0v) is 19.9. The third-order valence-corrected chi connectivity index (χ3v) is 8.04. The van der Waals surface area contributed by atoms with Gasteiger partial charge in [-0.3, -0.25) is 4.79 Å². The zero-order chi connectivity index (χ0) is 24.4. The largest absolute Gasteiger partial charge is 0.316 e. The van der Waals surface area contributed by atoms with E-state index < -0.39 is 17.3 Å². The number of hydrogen-bond donors (Lipinski definition) is 1. The number of ketones is 1. The molecule has 4 aromatic rings. The van der Waals surface area contributed by atoms with Crippen LogP contribution in [0.25, 0.3) is 33.0 Å². The van der Waals surface area contributed by atoms with Crippen LogP contribution in [0.5, 0.6) is 0 Å². The number of fused-ring (bicyclic) bond motifs is 2. The molecule has 6 rings (SSSR count). The molecule has 176 valence electrons. The van der Waals surface area contributed by atoms with Crippen LogP contribution in [0.2, 0.25) is 0 Å². The number of hydrogen-bond acceptors (Lipinski definition) is 2. The van der Waals surface area contributed by atoms with E-state index in [1.807, 2.05) is 36.4 Å².